The summed E-state index contributed by atoms with van der Waals surface area (Å²) in [5.74, 6) is -0.579. The van der Waals surface area contributed by atoms with Crippen LogP contribution >= 0.6 is 11.6 Å². The molecule has 0 aliphatic rings. The zero-order chi connectivity index (χ0) is 9.84. The number of hydrogen-bond acceptors (Lipinski definition) is 2. The number of rotatable bonds is 1. The topological polar surface area (TPSA) is 49.8 Å². The van der Waals surface area contributed by atoms with E-state index in [0.717, 1.165) is 0 Å². The molecule has 2 nitrogen and oxygen atoms in total. The number of nitriles is 1. The highest BCUT2D eigenvalue weighted by molar-refractivity contribution is 6.33. The predicted octanol–water partition coefficient (Wildman–Crippen LogP) is 2.60. The van der Waals surface area contributed by atoms with Crippen molar-refractivity contribution in [2.24, 2.45) is 0 Å². The monoisotopic (exact) mass is 196 g/mol. The first-order valence-corrected chi connectivity index (χ1v) is 3.83. The Morgan fingerprint density at radius 3 is 2.77 bits per heavy atom. The third kappa shape index (κ3) is 2.20. The molecule has 0 radical (unpaired) electrons. The van der Waals surface area contributed by atoms with Gasteiger partial charge in [-0.25, -0.2) is 4.39 Å². The SMILES string of the molecule is N#C/C=C/c1cc(F)c(N)c(Cl)c1. The molecule has 0 bridgehead atoms. The molecule has 0 amide bonds. The second-order valence-electron chi connectivity index (χ2n) is 2.36. The van der Waals surface area contributed by atoms with Crippen LogP contribution in [0.15, 0.2) is 18.2 Å². The number of hydrogen-bond donors (Lipinski definition) is 1. The maximum absolute atomic E-state index is 12.9. The van der Waals surface area contributed by atoms with E-state index in [2.05, 4.69) is 0 Å². The Kier molecular flexibility index (Phi) is 2.88. The van der Waals surface area contributed by atoms with E-state index in [1.807, 2.05) is 0 Å². The number of nitrogen functional groups attached to an aromatic ring is 1. The first-order valence-electron chi connectivity index (χ1n) is 3.46. The van der Waals surface area contributed by atoms with Crippen LogP contribution in [0.1, 0.15) is 5.56 Å². The maximum Gasteiger partial charge on any atom is 0.148 e. The van der Waals surface area contributed by atoms with Crippen molar-refractivity contribution in [3.05, 3.63) is 34.6 Å². The smallest absolute Gasteiger partial charge is 0.148 e. The number of halogens is 2. The Bertz CT molecular complexity index is 370. The standard InChI is InChI=1S/C9H6ClFN2/c10-7-4-6(2-1-3-12)5-8(11)9(7)13/h1-2,4-5H,13H2/b2-1+. The minimum Gasteiger partial charge on any atom is -0.395 e. The van der Waals surface area contributed by atoms with Gasteiger partial charge in [-0.15, -0.1) is 0 Å². The molecule has 13 heavy (non-hydrogen) atoms. The van der Waals surface area contributed by atoms with Gasteiger partial charge in [0.05, 0.1) is 16.8 Å². The van der Waals surface area contributed by atoms with Crippen molar-refractivity contribution in [3.8, 4) is 6.07 Å². The lowest BCUT2D eigenvalue weighted by atomic mass is 10.2. The van der Waals surface area contributed by atoms with Crippen LogP contribution < -0.4 is 5.73 Å². The first-order chi connectivity index (χ1) is 6.15. The van der Waals surface area contributed by atoms with Gasteiger partial charge in [-0.1, -0.05) is 11.6 Å². The molecular weight excluding hydrogens is 191 g/mol. The molecule has 1 rings (SSSR count). The summed E-state index contributed by atoms with van der Waals surface area (Å²) in [4.78, 5) is 0. The molecule has 2 N–H and O–H groups in total. The van der Waals surface area contributed by atoms with Crippen molar-refractivity contribution in [1.82, 2.24) is 0 Å². The van der Waals surface area contributed by atoms with E-state index in [1.165, 1.54) is 24.3 Å². The molecule has 66 valence electrons. The Labute approximate surface area is 80.0 Å². The summed E-state index contributed by atoms with van der Waals surface area (Å²) in [5.41, 5.74) is 5.72. The van der Waals surface area contributed by atoms with Crippen molar-refractivity contribution in [2.45, 2.75) is 0 Å². The van der Waals surface area contributed by atoms with Crippen LogP contribution in [0.25, 0.3) is 6.08 Å². The van der Waals surface area contributed by atoms with Gasteiger partial charge in [0.1, 0.15) is 5.82 Å². The third-order valence-corrected chi connectivity index (χ3v) is 1.76. The highest BCUT2D eigenvalue weighted by Crippen LogP contribution is 2.24. The van der Waals surface area contributed by atoms with Crippen molar-refractivity contribution in [1.29, 1.82) is 5.26 Å². The Morgan fingerprint density at radius 1 is 1.54 bits per heavy atom. The lowest BCUT2D eigenvalue weighted by Crippen LogP contribution is -1.92. The van der Waals surface area contributed by atoms with Crippen molar-refractivity contribution < 1.29 is 4.39 Å². The van der Waals surface area contributed by atoms with Crippen LogP contribution in [-0.2, 0) is 0 Å². The van der Waals surface area contributed by atoms with E-state index < -0.39 is 5.82 Å². The van der Waals surface area contributed by atoms with Crippen LogP contribution in [0.3, 0.4) is 0 Å². The zero-order valence-corrected chi connectivity index (χ0v) is 7.35. The molecule has 0 saturated heterocycles. The van der Waals surface area contributed by atoms with Crippen LogP contribution in [0.2, 0.25) is 5.02 Å². The summed E-state index contributed by atoms with van der Waals surface area (Å²) in [7, 11) is 0. The fourth-order valence-corrected chi connectivity index (χ4v) is 1.05. The molecule has 1 aromatic rings. The molecule has 0 aromatic heterocycles. The lowest BCUT2D eigenvalue weighted by molar-refractivity contribution is 0.632. The maximum atomic E-state index is 12.9. The number of allylic oxidation sites excluding steroid dienone is 1. The van der Waals surface area contributed by atoms with Gasteiger partial charge in [-0.3, -0.25) is 0 Å². The average Bonchev–Trinajstić information content (AvgIpc) is 2.10. The number of anilines is 1. The number of nitrogens with two attached hydrogens (primary N) is 1. The van der Waals surface area contributed by atoms with Crippen molar-refractivity contribution in [2.75, 3.05) is 5.73 Å². The molecule has 0 spiro atoms. The first kappa shape index (κ1) is 9.56. The highest BCUT2D eigenvalue weighted by Gasteiger charge is 2.03. The van der Waals surface area contributed by atoms with Gasteiger partial charge in [0.25, 0.3) is 0 Å². The summed E-state index contributed by atoms with van der Waals surface area (Å²) in [6, 6.07) is 4.50. The van der Waals surface area contributed by atoms with Gasteiger partial charge in [0.15, 0.2) is 0 Å². The lowest BCUT2D eigenvalue weighted by Gasteiger charge is -2.00. The van der Waals surface area contributed by atoms with Crippen LogP contribution in [0, 0.1) is 17.1 Å². The summed E-state index contributed by atoms with van der Waals surface area (Å²) in [6.07, 6.45) is 2.69. The molecule has 0 aliphatic heterocycles. The van der Waals surface area contributed by atoms with Gasteiger partial charge in [0.2, 0.25) is 0 Å². The van der Waals surface area contributed by atoms with E-state index >= 15 is 0 Å². The molecule has 0 fully saturated rings. The van der Waals surface area contributed by atoms with E-state index in [4.69, 9.17) is 22.6 Å². The van der Waals surface area contributed by atoms with Gasteiger partial charge in [-0.2, -0.15) is 5.26 Å². The molecule has 0 aliphatic carbocycles. The summed E-state index contributed by atoms with van der Waals surface area (Å²) < 4.78 is 12.9. The van der Waals surface area contributed by atoms with Crippen LogP contribution in [0.4, 0.5) is 10.1 Å². The predicted molar refractivity (Wildman–Crippen MR) is 50.5 cm³/mol. The van der Waals surface area contributed by atoms with Gasteiger partial charge < -0.3 is 5.73 Å². The second kappa shape index (κ2) is 3.92. The fourth-order valence-electron chi connectivity index (χ4n) is 0.834. The van der Waals surface area contributed by atoms with Gasteiger partial charge >= 0.3 is 0 Å². The van der Waals surface area contributed by atoms with Crippen LogP contribution in [-0.4, -0.2) is 0 Å². The highest BCUT2D eigenvalue weighted by atomic mass is 35.5. The molecule has 1 aromatic carbocycles. The van der Waals surface area contributed by atoms with Gasteiger partial charge in [-0.05, 0) is 23.8 Å². The van der Waals surface area contributed by atoms with E-state index in [1.54, 1.807) is 6.07 Å². The summed E-state index contributed by atoms with van der Waals surface area (Å²) in [5, 5.41) is 8.38. The Morgan fingerprint density at radius 2 is 2.23 bits per heavy atom. The second-order valence-corrected chi connectivity index (χ2v) is 2.77. The van der Waals surface area contributed by atoms with E-state index in [0.29, 0.717) is 5.56 Å². The fraction of sp³-hybridized carbons (Fsp3) is 0. The molecule has 0 heterocycles. The Balaban J connectivity index is 3.15. The Hall–Kier alpha value is -1.53. The van der Waals surface area contributed by atoms with Crippen molar-refractivity contribution in [3.63, 3.8) is 0 Å². The van der Waals surface area contributed by atoms with Crippen molar-refractivity contribution >= 4 is 23.4 Å². The molecule has 4 heteroatoms. The number of nitrogens with zero attached hydrogens (tertiary/aromatic N) is 1. The minimum absolute atomic E-state index is 0.0734. The normalized spacial score (nSPS) is 10.2. The molecule has 0 atom stereocenters. The molecule has 0 unspecified atom stereocenters. The van der Waals surface area contributed by atoms with E-state index in [9.17, 15) is 4.39 Å². The van der Waals surface area contributed by atoms with E-state index in [-0.39, 0.29) is 10.7 Å². The molecule has 0 saturated carbocycles. The quantitative estimate of drug-likeness (QED) is 0.555. The summed E-state index contributed by atoms with van der Waals surface area (Å²) in [6.45, 7) is 0. The zero-order valence-electron chi connectivity index (χ0n) is 6.59. The number of benzene rings is 1. The summed E-state index contributed by atoms with van der Waals surface area (Å²) >= 11 is 5.62. The average molecular weight is 197 g/mol. The minimum atomic E-state index is -0.579. The van der Waals surface area contributed by atoms with Crippen LogP contribution in [0.5, 0.6) is 0 Å². The van der Waals surface area contributed by atoms with Gasteiger partial charge in [0, 0.05) is 6.08 Å². The molecular formula is C9H6ClFN2. The third-order valence-electron chi connectivity index (χ3n) is 1.45. The largest absolute Gasteiger partial charge is 0.395 e.